The second-order valence-electron chi connectivity index (χ2n) is 10.2. The van der Waals surface area contributed by atoms with Crippen molar-refractivity contribution < 1.29 is 14.3 Å². The highest BCUT2D eigenvalue weighted by Gasteiger charge is 2.30. The lowest BCUT2D eigenvalue weighted by atomic mass is 9.80. The van der Waals surface area contributed by atoms with Gasteiger partial charge in [0, 0.05) is 36.4 Å². The van der Waals surface area contributed by atoms with E-state index in [-0.39, 0.29) is 34.5 Å². The van der Waals surface area contributed by atoms with Crippen molar-refractivity contribution in [3.8, 4) is 0 Å². The first-order valence-corrected chi connectivity index (χ1v) is 11.1. The Hall–Kier alpha value is -0.940. The van der Waals surface area contributed by atoms with Crippen LogP contribution in [0, 0.1) is 17.3 Å². The van der Waals surface area contributed by atoms with Gasteiger partial charge < -0.3 is 15.0 Å². The second-order valence-corrected chi connectivity index (χ2v) is 10.2. The van der Waals surface area contributed by atoms with Gasteiger partial charge in [-0.3, -0.25) is 9.59 Å². The molecule has 1 rings (SSSR count). The zero-order valence-electron chi connectivity index (χ0n) is 19.6. The average Bonchev–Trinajstić information content (AvgIpc) is 2.60. The van der Waals surface area contributed by atoms with Gasteiger partial charge in [-0.15, -0.1) is 0 Å². The molecule has 1 aliphatic rings. The molecule has 0 spiro atoms. The van der Waals surface area contributed by atoms with Crippen molar-refractivity contribution >= 4 is 11.7 Å². The molecule has 5 heteroatoms. The number of hydrogen-bond acceptors (Lipinski definition) is 4. The summed E-state index contributed by atoms with van der Waals surface area (Å²) < 4.78 is 6.05. The van der Waals surface area contributed by atoms with E-state index >= 15 is 0 Å². The number of carbonyl (C=O) groups is 2. The van der Waals surface area contributed by atoms with Crippen LogP contribution in [0.4, 0.5) is 0 Å². The minimum Gasteiger partial charge on any atom is -0.375 e. The Bertz CT molecular complexity index is 504. The third-order valence-electron chi connectivity index (χ3n) is 6.07. The van der Waals surface area contributed by atoms with Gasteiger partial charge in [0.1, 0.15) is 5.78 Å². The maximum absolute atomic E-state index is 12.4. The third-order valence-corrected chi connectivity index (χ3v) is 6.07. The summed E-state index contributed by atoms with van der Waals surface area (Å²) in [5.41, 5.74) is -0.672. The number of ketones is 1. The van der Waals surface area contributed by atoms with Gasteiger partial charge in [0.25, 0.3) is 0 Å². The molecule has 1 heterocycles. The van der Waals surface area contributed by atoms with E-state index in [0.717, 1.165) is 32.4 Å². The predicted molar refractivity (Wildman–Crippen MR) is 115 cm³/mol. The summed E-state index contributed by atoms with van der Waals surface area (Å²) in [5.74, 6) is 0.653. The van der Waals surface area contributed by atoms with Crippen LogP contribution >= 0.6 is 0 Å². The normalized spacial score (nSPS) is 17.4. The van der Waals surface area contributed by atoms with Gasteiger partial charge in [0.05, 0.1) is 5.60 Å². The molecule has 0 unspecified atom stereocenters. The monoisotopic (exact) mass is 396 g/mol. The molecule has 28 heavy (non-hydrogen) atoms. The number of nitrogens with one attached hydrogen (secondary N) is 1. The van der Waals surface area contributed by atoms with Gasteiger partial charge in [0.2, 0.25) is 5.91 Å². The van der Waals surface area contributed by atoms with Crippen molar-refractivity contribution in [2.45, 2.75) is 92.7 Å². The van der Waals surface area contributed by atoms with Crippen LogP contribution in [-0.4, -0.2) is 54.5 Å². The predicted octanol–water partition coefficient (Wildman–Crippen LogP) is 4.05. The molecule has 0 bridgehead atoms. The van der Waals surface area contributed by atoms with Crippen LogP contribution in [0.2, 0.25) is 0 Å². The summed E-state index contributed by atoms with van der Waals surface area (Å²) in [4.78, 5) is 27.1. The van der Waals surface area contributed by atoms with Crippen molar-refractivity contribution in [3.63, 3.8) is 0 Å². The second kappa shape index (κ2) is 10.7. The Morgan fingerprint density at radius 3 is 2.11 bits per heavy atom. The van der Waals surface area contributed by atoms with Crippen LogP contribution in [0.5, 0.6) is 0 Å². The molecule has 0 aromatic rings. The van der Waals surface area contributed by atoms with E-state index in [1.165, 1.54) is 0 Å². The van der Waals surface area contributed by atoms with Crippen molar-refractivity contribution in [2.75, 3.05) is 26.2 Å². The number of carbonyl (C=O) groups excluding carboxylic acids is 2. The van der Waals surface area contributed by atoms with Crippen LogP contribution in [0.3, 0.4) is 0 Å². The molecule has 0 atom stereocenters. The number of likely N-dealkylation sites (tertiary alicyclic amines) is 1. The first-order valence-electron chi connectivity index (χ1n) is 11.1. The number of piperidine rings is 1. The Morgan fingerprint density at radius 1 is 1.04 bits per heavy atom. The summed E-state index contributed by atoms with van der Waals surface area (Å²) in [6.45, 7) is 19.6. The number of nitrogens with zero attached hydrogens (tertiary/aromatic N) is 1. The number of ether oxygens (including phenoxy) is 1. The van der Waals surface area contributed by atoms with Crippen LogP contribution < -0.4 is 5.32 Å². The van der Waals surface area contributed by atoms with E-state index in [2.05, 4.69) is 37.9 Å². The summed E-state index contributed by atoms with van der Waals surface area (Å²) >= 11 is 0. The minimum absolute atomic E-state index is 0.0469. The molecule has 1 N–H and O–H groups in total. The van der Waals surface area contributed by atoms with E-state index in [1.807, 2.05) is 27.7 Å². The fourth-order valence-electron chi connectivity index (χ4n) is 3.87. The topological polar surface area (TPSA) is 58.6 Å². The van der Waals surface area contributed by atoms with Crippen molar-refractivity contribution in [3.05, 3.63) is 0 Å². The third kappa shape index (κ3) is 8.20. The molecule has 5 nitrogen and oxygen atoms in total. The van der Waals surface area contributed by atoms with E-state index in [4.69, 9.17) is 4.74 Å². The van der Waals surface area contributed by atoms with Crippen molar-refractivity contribution in [1.82, 2.24) is 10.2 Å². The Balaban J connectivity index is 2.30. The molecule has 0 saturated carbocycles. The van der Waals surface area contributed by atoms with Crippen LogP contribution in [0.15, 0.2) is 0 Å². The largest absolute Gasteiger partial charge is 0.375 e. The maximum atomic E-state index is 12.4. The zero-order chi connectivity index (χ0) is 21.5. The molecule has 0 radical (unpaired) electrons. The summed E-state index contributed by atoms with van der Waals surface area (Å²) in [7, 11) is 0. The molecule has 1 amide bonds. The smallest absolute Gasteiger partial charge is 0.223 e. The lowest BCUT2D eigenvalue weighted by Gasteiger charge is -2.34. The fourth-order valence-corrected chi connectivity index (χ4v) is 3.87. The van der Waals surface area contributed by atoms with Gasteiger partial charge >= 0.3 is 0 Å². The Morgan fingerprint density at radius 2 is 1.61 bits per heavy atom. The molecule has 0 aromatic heterocycles. The molecule has 0 aromatic carbocycles. The van der Waals surface area contributed by atoms with Gasteiger partial charge in [-0.2, -0.15) is 0 Å². The zero-order valence-corrected chi connectivity index (χ0v) is 19.6. The molecule has 164 valence electrons. The molecular formula is C23H44N2O3. The fraction of sp³-hybridized carbons (Fsp3) is 0.913. The quantitative estimate of drug-likeness (QED) is 0.572. The minimum atomic E-state index is -0.358. The SMILES string of the molecule is CC(C)C(=O)C(C)(C)CCOC(C)(C)CCNC(=O)C1CCN(C(C)C)CC1. The summed E-state index contributed by atoms with van der Waals surface area (Å²) in [6, 6.07) is 0.558. The lowest BCUT2D eigenvalue weighted by molar-refractivity contribution is -0.132. The maximum Gasteiger partial charge on any atom is 0.223 e. The highest BCUT2D eigenvalue weighted by Crippen LogP contribution is 2.27. The summed E-state index contributed by atoms with van der Waals surface area (Å²) in [6.07, 6.45) is 3.38. The molecule has 1 saturated heterocycles. The van der Waals surface area contributed by atoms with Crippen molar-refractivity contribution in [2.24, 2.45) is 17.3 Å². The van der Waals surface area contributed by atoms with Crippen LogP contribution in [-0.2, 0) is 14.3 Å². The highest BCUT2D eigenvalue weighted by atomic mass is 16.5. The number of rotatable bonds is 11. The Kier molecular flexibility index (Phi) is 9.61. The van der Waals surface area contributed by atoms with Gasteiger partial charge in [-0.25, -0.2) is 0 Å². The van der Waals surface area contributed by atoms with Crippen molar-refractivity contribution in [1.29, 1.82) is 0 Å². The number of hydrogen-bond donors (Lipinski definition) is 1. The molecular weight excluding hydrogens is 352 g/mol. The average molecular weight is 397 g/mol. The van der Waals surface area contributed by atoms with E-state index in [1.54, 1.807) is 0 Å². The first kappa shape index (κ1) is 25.1. The first-order chi connectivity index (χ1) is 12.9. The van der Waals surface area contributed by atoms with E-state index in [9.17, 15) is 9.59 Å². The number of amides is 1. The van der Waals surface area contributed by atoms with E-state index < -0.39 is 0 Å². The molecule has 1 fully saturated rings. The molecule has 0 aliphatic carbocycles. The highest BCUT2D eigenvalue weighted by molar-refractivity contribution is 5.85. The van der Waals surface area contributed by atoms with Gasteiger partial charge in [0.15, 0.2) is 0 Å². The molecule has 1 aliphatic heterocycles. The van der Waals surface area contributed by atoms with Gasteiger partial charge in [-0.05, 0) is 66.5 Å². The van der Waals surface area contributed by atoms with Gasteiger partial charge in [-0.1, -0.05) is 27.7 Å². The van der Waals surface area contributed by atoms with E-state index in [0.29, 0.717) is 25.6 Å². The Labute approximate surface area is 173 Å². The summed E-state index contributed by atoms with van der Waals surface area (Å²) in [5, 5.41) is 3.10. The number of Topliss-reactive ketones (excluding diaryl/α,β-unsaturated/α-hetero) is 1. The van der Waals surface area contributed by atoms with Crippen LogP contribution in [0.25, 0.3) is 0 Å². The van der Waals surface area contributed by atoms with Crippen LogP contribution in [0.1, 0.15) is 81.1 Å². The standard InChI is InChI=1S/C23H44N2O3/c1-17(2)20(26)22(5,6)12-16-28-23(7,8)11-13-24-21(27)19-9-14-25(15-10-19)18(3)4/h17-19H,9-16H2,1-8H3,(H,24,27). The lowest BCUT2D eigenvalue weighted by Crippen LogP contribution is -2.43.